The number of para-hydroxylation sites is 1. The summed E-state index contributed by atoms with van der Waals surface area (Å²) in [4.78, 5) is 207. The number of aromatic nitrogens is 1. The Hall–Kier alpha value is -11.7. The van der Waals surface area contributed by atoms with E-state index in [1.165, 1.54) is 36.0 Å². The third kappa shape index (κ3) is 37.2. The number of fused-ring (bicyclic) bond motifs is 1. The van der Waals surface area contributed by atoms with Crippen LogP contribution in [0.15, 0.2) is 69.7 Å². The molecule has 0 aliphatic carbocycles. The van der Waals surface area contributed by atoms with E-state index in [4.69, 9.17) is 45.9 Å². The van der Waals surface area contributed by atoms with E-state index in [2.05, 4.69) is 89.1 Å². The van der Waals surface area contributed by atoms with E-state index in [0.29, 0.717) is 12.0 Å². The van der Waals surface area contributed by atoms with Crippen molar-refractivity contribution in [3.05, 3.63) is 65.9 Å². The van der Waals surface area contributed by atoms with Gasteiger partial charge in [-0.15, -0.1) is 0 Å². The fourth-order valence-electron chi connectivity index (χ4n) is 11.4. The number of carbonyl (C=O) groups is 14. The number of benzene rings is 2. The van der Waals surface area contributed by atoms with Gasteiger partial charge in [-0.25, -0.2) is 4.79 Å². The number of hydrogen-bond acceptors (Lipinski definition) is 24. The minimum atomic E-state index is -1.85. The highest BCUT2D eigenvalue weighted by atomic mass is 32.2. The van der Waals surface area contributed by atoms with E-state index >= 15 is 0 Å². The van der Waals surface area contributed by atoms with Crippen molar-refractivity contribution in [2.45, 2.75) is 196 Å². The van der Waals surface area contributed by atoms with E-state index < -0.39 is 193 Å². The van der Waals surface area contributed by atoms with Crippen LogP contribution in [0, 0.1) is 5.92 Å². The zero-order valence-corrected chi connectivity index (χ0v) is 67.1. The average molecular weight is 1670 g/mol. The molecule has 0 saturated carbocycles. The van der Waals surface area contributed by atoms with Gasteiger partial charge in [0, 0.05) is 43.2 Å². The summed E-state index contributed by atoms with van der Waals surface area (Å²) in [5.41, 5.74) is 46.8. The quantitative estimate of drug-likeness (QED) is 0.0142. The van der Waals surface area contributed by atoms with Crippen molar-refractivity contribution in [3.8, 4) is 5.75 Å². The molecule has 0 aliphatic rings. The predicted octanol–water partition coefficient (Wildman–Crippen LogP) is -8.89. The molecule has 650 valence electrons. The number of H-pyrrole nitrogens is 1. The number of unbranched alkanes of at least 4 members (excludes halogenated alkanes) is 1. The normalized spacial score (nSPS) is 14.7. The first-order chi connectivity index (χ1) is 55.3. The number of aliphatic imine (C=N–C) groups is 3. The van der Waals surface area contributed by atoms with E-state index in [1.54, 1.807) is 26.3 Å². The highest BCUT2D eigenvalue weighted by Crippen LogP contribution is 2.20. The van der Waals surface area contributed by atoms with Gasteiger partial charge in [-0.1, -0.05) is 44.2 Å². The fourth-order valence-corrected chi connectivity index (χ4v) is 11.9. The number of hydrogen-bond donors (Lipinski definition) is 27. The summed E-state index contributed by atoms with van der Waals surface area (Å²) >= 11 is 1.27. The summed E-state index contributed by atoms with van der Waals surface area (Å²) in [6.45, 7) is 4.29. The number of phenols is 1. The third-order valence-electron chi connectivity index (χ3n) is 17.8. The molecule has 0 saturated heterocycles. The molecule has 1 heterocycles. The maximum Gasteiger partial charge on any atom is 0.326 e. The molecule has 0 bridgehead atoms. The molecule has 117 heavy (non-hydrogen) atoms. The van der Waals surface area contributed by atoms with E-state index in [1.807, 2.05) is 24.3 Å². The summed E-state index contributed by atoms with van der Waals surface area (Å²) in [7, 11) is 0. The van der Waals surface area contributed by atoms with Crippen molar-refractivity contribution in [2.75, 3.05) is 57.8 Å². The summed E-state index contributed by atoms with van der Waals surface area (Å²) in [5, 5.41) is 84.6. The number of aliphatic hydroxyl groups is 3. The molecular formula is C72H117N25O19S. The Morgan fingerprint density at radius 2 is 0.838 bits per heavy atom. The Morgan fingerprint density at radius 1 is 0.436 bits per heavy atom. The molecule has 2 aromatic carbocycles. The molecule has 45 heteroatoms. The number of aromatic hydroxyl groups is 1. The van der Waals surface area contributed by atoms with Crippen LogP contribution in [0.2, 0.25) is 0 Å². The third-order valence-corrected chi connectivity index (χ3v) is 18.4. The van der Waals surface area contributed by atoms with Gasteiger partial charge in [0.25, 0.3) is 0 Å². The lowest BCUT2D eigenvalue weighted by Gasteiger charge is -2.28. The number of aromatic amines is 1. The lowest BCUT2D eigenvalue weighted by atomic mass is 10.0. The molecule has 0 aliphatic heterocycles. The molecule has 3 aromatic rings. The minimum Gasteiger partial charge on any atom is -0.508 e. The second-order valence-electron chi connectivity index (χ2n) is 27.9. The summed E-state index contributed by atoms with van der Waals surface area (Å²) in [6, 6.07) is -3.92. The first kappa shape index (κ1) is 99.5. The van der Waals surface area contributed by atoms with Crippen LogP contribution in [0.4, 0.5) is 0 Å². The number of carboxylic acid groups (broad SMARTS) is 1. The van der Waals surface area contributed by atoms with Gasteiger partial charge in [0.15, 0.2) is 17.9 Å². The highest BCUT2D eigenvalue weighted by Gasteiger charge is 2.38. The second-order valence-corrected chi connectivity index (χ2v) is 28.9. The lowest BCUT2D eigenvalue weighted by molar-refractivity contribution is -0.142. The molecule has 3 rings (SSSR count). The van der Waals surface area contributed by atoms with Crippen molar-refractivity contribution in [2.24, 2.45) is 66.8 Å². The number of thioether (sulfide) groups is 1. The Morgan fingerprint density at radius 3 is 1.31 bits per heavy atom. The van der Waals surface area contributed by atoms with Crippen LogP contribution in [0.1, 0.15) is 110 Å². The fraction of sp³-hybridized carbons (Fsp3) is 0.569. The Labute approximate surface area is 679 Å². The van der Waals surface area contributed by atoms with Crippen LogP contribution >= 0.6 is 11.8 Å². The molecule has 1 aromatic heterocycles. The molecule has 0 radical (unpaired) electrons. The van der Waals surface area contributed by atoms with E-state index in [-0.39, 0.29) is 126 Å². The monoisotopic (exact) mass is 1670 g/mol. The van der Waals surface area contributed by atoms with Gasteiger partial charge in [-0.05, 0) is 145 Å². The smallest absolute Gasteiger partial charge is 0.326 e. The standard InChI is InChI=1S/C72H117N25O19S/c1-36(2)55(96-59(105)44(74)31-41-32-84-45-15-8-7-14-43(41)45)65(111)87-35-54(104)95-56(37(3)98)66(112)91-48(18-12-27-82-71(77)78)63(109)93-51(30-40-20-22-42(101)23-21-40)64(110)88-47(17-11-26-81-70(75)76)61(107)89-49(24-29-117-6)60(106)86-33-52(102)85-34-53(103)94-57(38(4)99)68(114)97-58(39(5)100)67(113)90-46(16-9-10-25-73)62(108)92-50(69(115)116)19-13-28-83-72(79)80/h7-8,14-15,20-23,32,36-39,44,46-51,55-58,84,98-101H,9-13,16-19,24-31,33-35,73-74H2,1-6H3,(H,85,102)(H,86,106)(H,87,111)(H,88,110)(H,89,107)(H,90,113)(H,91,112)(H,92,108)(H,93,109)(H,94,103)(H,95,104)(H,96,105)(H,97,114)(H,115,116)(H4,75,76,81)(H4,77,78,82)(H4,79,80,83)/t37-,38-,39-,44+,46+,47+,48+,49+,50+,51+,55+,56+,57+,58+/m1/s1. The number of phenolic OH excluding ortho intramolecular Hbond substituents is 1. The van der Waals surface area contributed by atoms with Crippen LogP contribution in [0.25, 0.3) is 10.9 Å². The predicted molar refractivity (Wildman–Crippen MR) is 433 cm³/mol. The van der Waals surface area contributed by atoms with Crippen LogP contribution in [0.5, 0.6) is 5.75 Å². The number of rotatable bonds is 54. The van der Waals surface area contributed by atoms with Crippen LogP contribution < -0.4 is 115 Å². The number of amides is 13. The number of nitrogens with one attached hydrogen (secondary N) is 14. The minimum absolute atomic E-state index is 0.00166. The molecule has 14 atom stereocenters. The van der Waals surface area contributed by atoms with Crippen molar-refractivity contribution in [1.82, 2.24) is 74.1 Å². The first-order valence-electron chi connectivity index (χ1n) is 37.8. The topological polar surface area (TPSA) is 758 Å². The van der Waals surface area contributed by atoms with Gasteiger partial charge in [0.2, 0.25) is 76.8 Å². The largest absolute Gasteiger partial charge is 0.508 e. The second kappa shape index (κ2) is 52.0. The summed E-state index contributed by atoms with van der Waals surface area (Å²) in [5.74, 6) is -15.5. The van der Waals surface area contributed by atoms with Gasteiger partial charge in [-0.2, -0.15) is 11.8 Å². The van der Waals surface area contributed by atoms with Gasteiger partial charge >= 0.3 is 5.97 Å². The van der Waals surface area contributed by atoms with Crippen molar-refractivity contribution < 1.29 is 92.7 Å². The molecule has 0 unspecified atom stereocenters. The molecule has 13 amide bonds. The molecule has 35 N–H and O–H groups in total. The number of nitrogens with two attached hydrogens (primary N) is 8. The van der Waals surface area contributed by atoms with Crippen molar-refractivity contribution in [3.63, 3.8) is 0 Å². The van der Waals surface area contributed by atoms with E-state index in [0.717, 1.165) is 37.2 Å². The number of carboxylic acids is 1. The maximum absolute atomic E-state index is 14.8. The summed E-state index contributed by atoms with van der Waals surface area (Å²) < 4.78 is 0. The lowest BCUT2D eigenvalue weighted by Crippen LogP contribution is -2.62. The molecule has 0 spiro atoms. The van der Waals surface area contributed by atoms with Gasteiger partial charge in [0.1, 0.15) is 66.2 Å². The molecular weight excluding hydrogens is 1550 g/mol. The Kier molecular flexibility index (Phi) is 44.2. The Bertz CT molecular complexity index is 3890. The van der Waals surface area contributed by atoms with Gasteiger partial charge < -0.3 is 146 Å². The molecule has 0 fully saturated rings. The number of guanidine groups is 3. The number of aliphatic carboxylic acids is 1. The number of aliphatic hydroxyl groups excluding tert-OH is 3. The number of carbonyl (C=O) groups excluding carboxylic acids is 13. The van der Waals surface area contributed by atoms with Crippen LogP contribution in [-0.2, 0) is 80.0 Å². The number of nitrogens with zero attached hydrogens (tertiary/aromatic N) is 3. The average Bonchev–Trinajstić information content (AvgIpc) is 1.26. The van der Waals surface area contributed by atoms with Crippen LogP contribution in [0.3, 0.4) is 0 Å². The van der Waals surface area contributed by atoms with Crippen LogP contribution in [-0.4, -0.2) is 274 Å². The maximum atomic E-state index is 14.8. The van der Waals surface area contributed by atoms with Gasteiger partial charge in [-0.3, -0.25) is 77.3 Å². The van der Waals surface area contributed by atoms with Crippen molar-refractivity contribution >= 4 is 123 Å². The van der Waals surface area contributed by atoms with E-state index in [9.17, 15) is 92.7 Å². The van der Waals surface area contributed by atoms with Gasteiger partial charge in [0.05, 0.1) is 44.0 Å². The molecule has 44 nitrogen and oxygen atoms in total. The first-order valence-corrected chi connectivity index (χ1v) is 39.2. The highest BCUT2D eigenvalue weighted by molar-refractivity contribution is 7.98. The van der Waals surface area contributed by atoms with Crippen molar-refractivity contribution in [1.29, 1.82) is 0 Å². The summed E-state index contributed by atoms with van der Waals surface area (Å²) in [6.07, 6.45) is -1.70. The zero-order valence-electron chi connectivity index (χ0n) is 66.3. The Balaban J connectivity index is 1.81. The zero-order chi connectivity index (χ0) is 87.6. The SMILES string of the molecule is CSCC[C@H](NC(=O)[C@H](CCCN=C(N)N)NC(=O)[C@H](Cc1ccc(O)cc1)NC(=O)[C@H](CCCN=C(N)N)NC(=O)[C@@H](NC(=O)CNC(=O)[C@@H](NC(=O)[C@@H](N)Cc1c[nH]c2ccccc12)C(C)C)[C@@H](C)O)C(=O)NCC(=O)NCC(=O)N[C@H](C(=O)N[C@H](C(=O)N[C@@H](CCCCN)C(=O)N[C@@H](CCCN=C(N)N)C(=O)O)[C@@H](C)O)[C@@H](C)O.